The summed E-state index contributed by atoms with van der Waals surface area (Å²) >= 11 is 0. The minimum absolute atomic E-state index is 0.170. The Kier molecular flexibility index (Phi) is 3.62. The number of carbonyl (C=O) groups is 1. The maximum absolute atomic E-state index is 13.2. The van der Waals surface area contributed by atoms with Crippen LogP contribution in [-0.2, 0) is 11.3 Å². The van der Waals surface area contributed by atoms with E-state index in [1.54, 1.807) is 0 Å². The van der Waals surface area contributed by atoms with Crippen LogP contribution in [0.5, 0.6) is 5.75 Å². The summed E-state index contributed by atoms with van der Waals surface area (Å²) in [4.78, 5) is 10.7. The number of hydrogen-bond donors (Lipinski definition) is 1. The van der Waals surface area contributed by atoms with Gasteiger partial charge in [0.05, 0.1) is 19.3 Å². The fraction of sp³-hybridized carbons (Fsp3) is 0.300. The highest BCUT2D eigenvalue weighted by Crippen LogP contribution is 2.23. The molecule has 0 atom stereocenters. The predicted molar refractivity (Wildman–Crippen MR) is 50.6 cm³/mol. The molecule has 0 amide bonds. The Hall–Kier alpha value is -1.62. The first-order valence-corrected chi connectivity index (χ1v) is 4.18. The van der Waals surface area contributed by atoms with Gasteiger partial charge in [0.1, 0.15) is 11.6 Å². The number of hydrogen-bond acceptors (Lipinski definition) is 3. The zero-order chi connectivity index (χ0) is 11.4. The molecule has 0 aliphatic carbocycles. The van der Waals surface area contributed by atoms with Crippen molar-refractivity contribution >= 4 is 5.97 Å². The lowest BCUT2D eigenvalue weighted by Gasteiger charge is -2.09. The van der Waals surface area contributed by atoms with Gasteiger partial charge in [0.15, 0.2) is 0 Å². The topological polar surface area (TPSA) is 55.8 Å². The largest absolute Gasteiger partial charge is 0.496 e. The van der Waals surface area contributed by atoms with Crippen LogP contribution in [0.25, 0.3) is 0 Å². The summed E-state index contributed by atoms with van der Waals surface area (Å²) in [5.74, 6) is -1.86. The molecular formula is C10H11FO4. The SMILES string of the molecule is COCc1cc(C(=O)O)c(F)cc1OC. The smallest absolute Gasteiger partial charge is 0.338 e. The molecule has 4 nitrogen and oxygen atoms in total. The molecule has 0 saturated heterocycles. The first-order chi connectivity index (χ1) is 7.10. The van der Waals surface area contributed by atoms with Gasteiger partial charge in [0, 0.05) is 18.7 Å². The molecule has 0 spiro atoms. The van der Waals surface area contributed by atoms with Crippen molar-refractivity contribution in [2.75, 3.05) is 14.2 Å². The molecule has 0 radical (unpaired) electrons. The van der Waals surface area contributed by atoms with Crippen LogP contribution in [-0.4, -0.2) is 25.3 Å². The first kappa shape index (κ1) is 11.5. The zero-order valence-electron chi connectivity index (χ0n) is 8.41. The van der Waals surface area contributed by atoms with E-state index in [-0.39, 0.29) is 17.9 Å². The molecule has 0 heterocycles. The molecule has 0 aliphatic rings. The molecule has 82 valence electrons. The molecule has 0 aliphatic heterocycles. The van der Waals surface area contributed by atoms with E-state index in [1.165, 1.54) is 20.3 Å². The third kappa shape index (κ3) is 2.44. The van der Waals surface area contributed by atoms with E-state index in [0.29, 0.717) is 5.56 Å². The molecule has 1 aromatic carbocycles. The van der Waals surface area contributed by atoms with Crippen LogP contribution >= 0.6 is 0 Å². The van der Waals surface area contributed by atoms with E-state index in [1.807, 2.05) is 0 Å². The van der Waals surface area contributed by atoms with Gasteiger partial charge in [-0.3, -0.25) is 0 Å². The second-order valence-electron chi connectivity index (χ2n) is 2.88. The lowest BCUT2D eigenvalue weighted by molar-refractivity contribution is 0.0691. The van der Waals surface area contributed by atoms with Crippen LogP contribution in [0.2, 0.25) is 0 Å². The van der Waals surface area contributed by atoms with Gasteiger partial charge in [-0.1, -0.05) is 0 Å². The first-order valence-electron chi connectivity index (χ1n) is 4.18. The Bertz CT molecular complexity index is 376. The van der Waals surface area contributed by atoms with Crippen molar-refractivity contribution in [3.05, 3.63) is 29.1 Å². The van der Waals surface area contributed by atoms with Crippen LogP contribution in [0.4, 0.5) is 4.39 Å². The van der Waals surface area contributed by atoms with Crippen LogP contribution in [0.15, 0.2) is 12.1 Å². The fourth-order valence-electron chi connectivity index (χ4n) is 1.22. The van der Waals surface area contributed by atoms with Crippen molar-refractivity contribution in [3.8, 4) is 5.75 Å². The Morgan fingerprint density at radius 3 is 2.60 bits per heavy atom. The highest BCUT2D eigenvalue weighted by Gasteiger charge is 2.15. The van der Waals surface area contributed by atoms with E-state index in [2.05, 4.69) is 0 Å². The zero-order valence-corrected chi connectivity index (χ0v) is 8.41. The van der Waals surface area contributed by atoms with Crippen LogP contribution in [0.3, 0.4) is 0 Å². The predicted octanol–water partition coefficient (Wildman–Crippen LogP) is 1.68. The minimum Gasteiger partial charge on any atom is -0.496 e. The molecule has 1 rings (SSSR count). The number of carboxylic acid groups (broad SMARTS) is 1. The number of aromatic carboxylic acids is 1. The summed E-state index contributed by atoms with van der Waals surface area (Å²) in [6, 6.07) is 2.25. The number of rotatable bonds is 4. The van der Waals surface area contributed by atoms with E-state index in [0.717, 1.165) is 6.07 Å². The van der Waals surface area contributed by atoms with Gasteiger partial charge in [-0.2, -0.15) is 0 Å². The summed E-state index contributed by atoms with van der Waals surface area (Å²) in [6.45, 7) is 0.170. The average molecular weight is 214 g/mol. The van der Waals surface area contributed by atoms with Gasteiger partial charge >= 0.3 is 5.97 Å². The highest BCUT2D eigenvalue weighted by atomic mass is 19.1. The van der Waals surface area contributed by atoms with E-state index in [4.69, 9.17) is 14.6 Å². The molecule has 0 saturated carbocycles. The molecule has 1 N–H and O–H groups in total. The average Bonchev–Trinajstić information content (AvgIpc) is 2.20. The molecule has 0 fully saturated rings. The number of carboxylic acids is 1. The standard InChI is InChI=1S/C10H11FO4/c1-14-5-6-3-7(10(12)13)8(11)4-9(6)15-2/h3-4H,5H2,1-2H3,(H,12,13). The molecule has 0 unspecified atom stereocenters. The Labute approximate surface area is 86.2 Å². The van der Waals surface area contributed by atoms with Crippen molar-refractivity contribution in [1.82, 2.24) is 0 Å². The van der Waals surface area contributed by atoms with Gasteiger partial charge < -0.3 is 14.6 Å². The van der Waals surface area contributed by atoms with Crippen molar-refractivity contribution in [2.45, 2.75) is 6.61 Å². The van der Waals surface area contributed by atoms with Crippen molar-refractivity contribution < 1.29 is 23.8 Å². The van der Waals surface area contributed by atoms with Crippen LogP contribution in [0.1, 0.15) is 15.9 Å². The van der Waals surface area contributed by atoms with Gasteiger partial charge in [-0.05, 0) is 6.07 Å². The Morgan fingerprint density at radius 1 is 1.47 bits per heavy atom. The van der Waals surface area contributed by atoms with E-state index < -0.39 is 11.8 Å². The normalized spacial score (nSPS) is 10.1. The summed E-state index contributed by atoms with van der Waals surface area (Å²) in [6.07, 6.45) is 0. The Balaban J connectivity index is 3.23. The molecule has 15 heavy (non-hydrogen) atoms. The number of halogens is 1. The maximum Gasteiger partial charge on any atom is 0.338 e. The van der Waals surface area contributed by atoms with Crippen molar-refractivity contribution in [3.63, 3.8) is 0 Å². The van der Waals surface area contributed by atoms with Crippen molar-refractivity contribution in [2.24, 2.45) is 0 Å². The van der Waals surface area contributed by atoms with Gasteiger partial charge in [0.25, 0.3) is 0 Å². The monoisotopic (exact) mass is 214 g/mol. The summed E-state index contributed by atoms with van der Waals surface area (Å²) in [5.41, 5.74) is 0.113. The van der Waals surface area contributed by atoms with Crippen LogP contribution < -0.4 is 4.74 Å². The van der Waals surface area contributed by atoms with Gasteiger partial charge in [0.2, 0.25) is 0 Å². The quantitative estimate of drug-likeness (QED) is 0.828. The number of ether oxygens (including phenoxy) is 2. The minimum atomic E-state index is -1.31. The van der Waals surface area contributed by atoms with E-state index >= 15 is 0 Å². The fourth-order valence-corrected chi connectivity index (χ4v) is 1.22. The molecule has 1 aromatic rings. The second kappa shape index (κ2) is 4.75. The summed E-state index contributed by atoms with van der Waals surface area (Å²) < 4.78 is 23.0. The summed E-state index contributed by atoms with van der Waals surface area (Å²) in [5, 5.41) is 8.70. The maximum atomic E-state index is 13.2. The van der Waals surface area contributed by atoms with Gasteiger partial charge in [-0.15, -0.1) is 0 Å². The molecule has 5 heteroatoms. The van der Waals surface area contributed by atoms with Crippen LogP contribution in [0, 0.1) is 5.82 Å². The lowest BCUT2D eigenvalue weighted by atomic mass is 10.1. The molecule has 0 bridgehead atoms. The summed E-state index contributed by atoms with van der Waals surface area (Å²) in [7, 11) is 2.84. The third-order valence-electron chi connectivity index (χ3n) is 1.90. The second-order valence-corrected chi connectivity index (χ2v) is 2.88. The third-order valence-corrected chi connectivity index (χ3v) is 1.90. The van der Waals surface area contributed by atoms with Crippen molar-refractivity contribution in [1.29, 1.82) is 0 Å². The highest BCUT2D eigenvalue weighted by molar-refractivity contribution is 5.88. The Morgan fingerprint density at radius 2 is 2.13 bits per heavy atom. The number of benzene rings is 1. The lowest BCUT2D eigenvalue weighted by Crippen LogP contribution is -2.04. The number of methoxy groups -OCH3 is 2. The molecule has 0 aromatic heterocycles. The van der Waals surface area contributed by atoms with Gasteiger partial charge in [-0.25, -0.2) is 9.18 Å². The molecular weight excluding hydrogens is 203 g/mol. The van der Waals surface area contributed by atoms with E-state index in [9.17, 15) is 9.18 Å².